The minimum Gasteiger partial charge on any atom is -0.478 e. The zero-order valence-electron chi connectivity index (χ0n) is 16.0. The maximum Gasteiger partial charge on any atom is 0.337 e. The number of aromatic nitrogens is 1. The summed E-state index contributed by atoms with van der Waals surface area (Å²) in [5, 5.41) is 9.14. The van der Waals surface area contributed by atoms with E-state index in [1.807, 2.05) is 20.8 Å². The molecule has 2 aromatic rings. The molecule has 6 nitrogen and oxygen atoms in total. The fourth-order valence-corrected chi connectivity index (χ4v) is 3.39. The van der Waals surface area contributed by atoms with Crippen molar-refractivity contribution in [2.45, 2.75) is 39.8 Å². The van der Waals surface area contributed by atoms with Crippen LogP contribution in [0.1, 0.15) is 56.3 Å². The van der Waals surface area contributed by atoms with Crippen LogP contribution in [0.5, 0.6) is 0 Å². The Morgan fingerprint density at radius 3 is 2.59 bits per heavy atom. The number of carboxylic acid groups (broad SMARTS) is 1. The molecule has 1 aliphatic heterocycles. The lowest BCUT2D eigenvalue weighted by Gasteiger charge is -2.38. The number of hydrogen-bond donors (Lipinski definition) is 1. The summed E-state index contributed by atoms with van der Waals surface area (Å²) in [4.78, 5) is 30.2. The zero-order chi connectivity index (χ0) is 19.7. The normalized spacial score (nSPS) is 19.8. The van der Waals surface area contributed by atoms with Crippen molar-refractivity contribution >= 4 is 11.9 Å². The minimum atomic E-state index is -1.05. The third-order valence-electron chi connectivity index (χ3n) is 5.01. The molecule has 1 aromatic carbocycles. The molecule has 0 saturated carbocycles. The fourth-order valence-electron chi connectivity index (χ4n) is 3.39. The average Bonchev–Trinajstić information content (AvgIpc) is 2.63. The summed E-state index contributed by atoms with van der Waals surface area (Å²) in [6.45, 7) is 8.49. The number of pyridine rings is 1. The van der Waals surface area contributed by atoms with Gasteiger partial charge < -0.3 is 14.7 Å². The highest BCUT2D eigenvalue weighted by molar-refractivity contribution is 5.94. The summed E-state index contributed by atoms with van der Waals surface area (Å²) >= 11 is 0. The third-order valence-corrected chi connectivity index (χ3v) is 5.01. The van der Waals surface area contributed by atoms with Gasteiger partial charge in [0.2, 0.25) is 0 Å². The molecule has 0 aliphatic carbocycles. The molecular weight excluding hydrogens is 344 g/mol. The van der Waals surface area contributed by atoms with Gasteiger partial charge in [-0.15, -0.1) is 0 Å². The molecule has 1 aromatic heterocycles. The number of aromatic carboxylic acids is 1. The Labute approximate surface area is 158 Å². The predicted octanol–water partition coefficient (Wildman–Crippen LogP) is 3.31. The Morgan fingerprint density at radius 2 is 1.93 bits per heavy atom. The molecular formula is C21H24N2O4. The van der Waals surface area contributed by atoms with Crippen LogP contribution in [0.15, 0.2) is 30.3 Å². The summed E-state index contributed by atoms with van der Waals surface area (Å²) < 4.78 is 6.01. The molecule has 0 spiro atoms. The molecule has 1 saturated heterocycles. The molecule has 3 rings (SSSR count). The summed E-state index contributed by atoms with van der Waals surface area (Å²) in [5.74, 6) is -1.25. The molecule has 2 heterocycles. The highest BCUT2D eigenvalue weighted by atomic mass is 16.5. The number of morpholine rings is 1. The van der Waals surface area contributed by atoms with Gasteiger partial charge in [0.25, 0.3) is 5.91 Å². The summed E-state index contributed by atoms with van der Waals surface area (Å²) in [7, 11) is 0. The maximum atomic E-state index is 13.0. The van der Waals surface area contributed by atoms with Gasteiger partial charge in [-0.3, -0.25) is 4.79 Å². The van der Waals surface area contributed by atoms with Crippen LogP contribution >= 0.6 is 0 Å². The Kier molecular flexibility index (Phi) is 5.28. The van der Waals surface area contributed by atoms with Crippen molar-refractivity contribution < 1.29 is 19.4 Å². The monoisotopic (exact) mass is 368 g/mol. The van der Waals surface area contributed by atoms with Gasteiger partial charge in [-0.1, -0.05) is 23.8 Å². The number of carboxylic acids is 1. The lowest BCUT2D eigenvalue weighted by atomic mass is 9.98. The fraction of sp³-hybridized carbons (Fsp3) is 0.381. The van der Waals surface area contributed by atoms with Crippen molar-refractivity contribution in [2.24, 2.45) is 0 Å². The van der Waals surface area contributed by atoms with Crippen LogP contribution in [0.3, 0.4) is 0 Å². The molecule has 27 heavy (non-hydrogen) atoms. The number of hydrogen-bond acceptors (Lipinski definition) is 4. The first-order valence-electron chi connectivity index (χ1n) is 8.98. The first-order valence-corrected chi connectivity index (χ1v) is 8.98. The van der Waals surface area contributed by atoms with Crippen molar-refractivity contribution in [1.82, 2.24) is 9.88 Å². The standard InChI is InChI=1S/C21H24N2O4/c1-12-5-6-13(2)17(9-12)19-10-23(14(3)11-27-19)20(24)18-8-7-16(21(25)26)15(4)22-18/h5-9,14,19H,10-11H2,1-4H3,(H,25,26). The Balaban J connectivity index is 1.86. The topological polar surface area (TPSA) is 79.7 Å². The minimum absolute atomic E-state index is 0.0832. The van der Waals surface area contributed by atoms with Crippen molar-refractivity contribution in [3.63, 3.8) is 0 Å². The molecule has 1 N–H and O–H groups in total. The molecule has 1 amide bonds. The van der Waals surface area contributed by atoms with Gasteiger partial charge >= 0.3 is 5.97 Å². The van der Waals surface area contributed by atoms with E-state index in [2.05, 4.69) is 23.2 Å². The van der Waals surface area contributed by atoms with E-state index in [9.17, 15) is 9.59 Å². The molecule has 2 atom stereocenters. The quantitative estimate of drug-likeness (QED) is 0.899. The lowest BCUT2D eigenvalue weighted by molar-refractivity contribution is -0.0491. The molecule has 142 valence electrons. The van der Waals surface area contributed by atoms with Crippen LogP contribution in [0.2, 0.25) is 0 Å². The van der Waals surface area contributed by atoms with E-state index < -0.39 is 5.97 Å². The van der Waals surface area contributed by atoms with E-state index in [1.54, 1.807) is 11.8 Å². The second-order valence-electron chi connectivity index (χ2n) is 7.12. The Bertz CT molecular complexity index is 894. The molecule has 0 radical (unpaired) electrons. The van der Waals surface area contributed by atoms with E-state index in [-0.39, 0.29) is 29.3 Å². The van der Waals surface area contributed by atoms with Gasteiger partial charge in [0.1, 0.15) is 11.8 Å². The highest BCUT2D eigenvalue weighted by Crippen LogP contribution is 2.29. The summed E-state index contributed by atoms with van der Waals surface area (Å²) in [5.41, 5.74) is 4.07. The van der Waals surface area contributed by atoms with Crippen molar-refractivity contribution in [2.75, 3.05) is 13.2 Å². The SMILES string of the molecule is Cc1ccc(C)c(C2CN(C(=O)c3ccc(C(=O)O)c(C)n3)C(C)CO2)c1. The maximum absolute atomic E-state index is 13.0. The number of benzene rings is 1. The number of carbonyl (C=O) groups excluding carboxylic acids is 1. The van der Waals surface area contributed by atoms with Gasteiger partial charge in [0.05, 0.1) is 30.5 Å². The highest BCUT2D eigenvalue weighted by Gasteiger charge is 2.32. The van der Waals surface area contributed by atoms with Crippen LogP contribution in [-0.2, 0) is 4.74 Å². The number of rotatable bonds is 3. The van der Waals surface area contributed by atoms with Crippen LogP contribution in [0.25, 0.3) is 0 Å². The van der Waals surface area contributed by atoms with Crippen molar-refractivity contribution in [3.8, 4) is 0 Å². The van der Waals surface area contributed by atoms with Crippen molar-refractivity contribution in [3.05, 3.63) is 64.0 Å². The molecule has 1 fully saturated rings. The van der Waals surface area contributed by atoms with Gasteiger partial charge in [-0.2, -0.15) is 0 Å². The summed E-state index contributed by atoms with van der Waals surface area (Å²) in [6, 6.07) is 9.06. The van der Waals surface area contributed by atoms with Crippen LogP contribution in [0, 0.1) is 20.8 Å². The average molecular weight is 368 g/mol. The number of amides is 1. The van der Waals surface area contributed by atoms with Crippen molar-refractivity contribution in [1.29, 1.82) is 0 Å². The molecule has 0 bridgehead atoms. The number of nitrogens with zero attached hydrogens (tertiary/aromatic N) is 2. The lowest BCUT2D eigenvalue weighted by Crippen LogP contribution is -2.48. The van der Waals surface area contributed by atoms with E-state index in [0.717, 1.165) is 16.7 Å². The summed E-state index contributed by atoms with van der Waals surface area (Å²) in [6.07, 6.45) is -0.190. The predicted molar refractivity (Wildman–Crippen MR) is 101 cm³/mol. The van der Waals surface area contributed by atoms with Crippen LogP contribution in [-0.4, -0.2) is 46.1 Å². The molecule has 6 heteroatoms. The first-order chi connectivity index (χ1) is 12.8. The van der Waals surface area contributed by atoms with E-state index in [4.69, 9.17) is 9.84 Å². The molecule has 2 unspecified atom stereocenters. The third kappa shape index (κ3) is 3.85. The zero-order valence-corrected chi connectivity index (χ0v) is 16.0. The smallest absolute Gasteiger partial charge is 0.337 e. The van der Waals surface area contributed by atoms with Gasteiger partial charge in [-0.25, -0.2) is 9.78 Å². The van der Waals surface area contributed by atoms with E-state index >= 15 is 0 Å². The number of aryl methyl sites for hydroxylation is 3. The van der Waals surface area contributed by atoms with Gasteiger partial charge in [0.15, 0.2) is 0 Å². The Hall–Kier alpha value is -2.73. The Morgan fingerprint density at radius 1 is 1.19 bits per heavy atom. The number of ether oxygens (including phenoxy) is 1. The van der Waals surface area contributed by atoms with E-state index in [1.165, 1.54) is 12.1 Å². The number of carbonyl (C=O) groups is 2. The van der Waals surface area contributed by atoms with Crippen LogP contribution in [0.4, 0.5) is 0 Å². The second-order valence-corrected chi connectivity index (χ2v) is 7.12. The van der Waals surface area contributed by atoms with Gasteiger partial charge in [-0.05, 0) is 51.0 Å². The first kappa shape index (κ1) is 19.0. The van der Waals surface area contributed by atoms with Gasteiger partial charge in [0, 0.05) is 0 Å². The molecule has 1 aliphatic rings. The largest absolute Gasteiger partial charge is 0.478 e. The second kappa shape index (κ2) is 7.48. The van der Waals surface area contributed by atoms with Crippen LogP contribution < -0.4 is 0 Å². The van der Waals surface area contributed by atoms with E-state index in [0.29, 0.717) is 18.8 Å².